The summed E-state index contributed by atoms with van der Waals surface area (Å²) in [6, 6.07) is 20.0. The van der Waals surface area contributed by atoms with Gasteiger partial charge in [-0.15, -0.1) is 0 Å². The number of hydrogen-bond donors (Lipinski definition) is 1. The van der Waals surface area contributed by atoms with Crippen molar-refractivity contribution in [2.45, 2.75) is 32.7 Å². The Bertz CT molecular complexity index is 1680. The van der Waals surface area contributed by atoms with Gasteiger partial charge in [-0.25, -0.2) is 4.39 Å². The van der Waals surface area contributed by atoms with Gasteiger partial charge in [0.05, 0.1) is 16.8 Å². The van der Waals surface area contributed by atoms with Gasteiger partial charge in [0.1, 0.15) is 22.7 Å². The molecule has 39 heavy (non-hydrogen) atoms. The lowest BCUT2D eigenvalue weighted by Crippen LogP contribution is -2.40. The molecule has 0 unspecified atom stereocenters. The fraction of sp³-hybridized carbons (Fsp3) is 0.258. The molecule has 7 nitrogen and oxygen atoms in total. The molecule has 1 amide bonds. The molecule has 1 atom stereocenters. The average molecular weight is 528 g/mol. The van der Waals surface area contributed by atoms with Crippen LogP contribution in [-0.2, 0) is 6.42 Å². The minimum absolute atomic E-state index is 0.104. The normalized spacial score (nSPS) is 12.3. The molecule has 2 heterocycles. The first kappa shape index (κ1) is 26.3. The van der Waals surface area contributed by atoms with Gasteiger partial charge in [-0.3, -0.25) is 9.59 Å². The van der Waals surface area contributed by atoms with Gasteiger partial charge in [-0.2, -0.15) is 0 Å². The highest BCUT2D eigenvalue weighted by Crippen LogP contribution is 2.35. The fourth-order valence-electron chi connectivity index (χ4n) is 5.04. The number of fused-ring (bicyclic) bond motifs is 2. The van der Waals surface area contributed by atoms with Crippen molar-refractivity contribution in [3.8, 4) is 0 Å². The number of nitrogens with zero attached hydrogens (tertiary/aromatic N) is 2. The standard InChI is InChI=1S/C31H30FN3O4/c1-19(2)27(35(16-8-15-33)31(37)30-22-11-6-7-12-25(22)34-39-30)29-24(17-20-9-4-3-5-10-20)28(36)23-14-13-21(32)18-26(23)38-29/h3-7,9-14,18-19,27H,8,15-17,33H2,1-2H3/t27-/m1/s1. The third-order valence-electron chi connectivity index (χ3n) is 6.88. The summed E-state index contributed by atoms with van der Waals surface area (Å²) in [7, 11) is 0. The Labute approximate surface area is 225 Å². The van der Waals surface area contributed by atoms with Crippen LogP contribution in [0.25, 0.3) is 21.9 Å². The lowest BCUT2D eigenvalue weighted by atomic mass is 9.92. The van der Waals surface area contributed by atoms with Crippen LogP contribution in [0.1, 0.15) is 53.8 Å². The molecule has 5 aromatic rings. The molecule has 0 spiro atoms. The van der Waals surface area contributed by atoms with E-state index in [-0.39, 0.29) is 34.0 Å². The smallest absolute Gasteiger partial charge is 0.293 e. The Balaban J connectivity index is 1.71. The Morgan fingerprint density at radius 3 is 2.51 bits per heavy atom. The molecule has 3 aromatic carbocycles. The van der Waals surface area contributed by atoms with Gasteiger partial charge in [0.2, 0.25) is 5.76 Å². The van der Waals surface area contributed by atoms with Gasteiger partial charge >= 0.3 is 0 Å². The van der Waals surface area contributed by atoms with Crippen LogP contribution in [0.15, 0.2) is 86.5 Å². The summed E-state index contributed by atoms with van der Waals surface area (Å²) in [5, 5.41) is 4.93. The molecule has 0 radical (unpaired) electrons. The zero-order chi connectivity index (χ0) is 27.5. The van der Waals surface area contributed by atoms with Gasteiger partial charge in [-0.1, -0.05) is 61.5 Å². The Morgan fingerprint density at radius 1 is 1.03 bits per heavy atom. The van der Waals surface area contributed by atoms with Gasteiger partial charge in [0.25, 0.3) is 5.91 Å². The molecule has 0 bridgehead atoms. The van der Waals surface area contributed by atoms with Crippen LogP contribution in [0.2, 0.25) is 0 Å². The molecule has 5 rings (SSSR count). The Kier molecular flexibility index (Phi) is 7.56. The van der Waals surface area contributed by atoms with Crippen LogP contribution in [0.4, 0.5) is 4.39 Å². The van der Waals surface area contributed by atoms with Crippen molar-refractivity contribution in [2.24, 2.45) is 11.7 Å². The lowest BCUT2D eigenvalue weighted by Gasteiger charge is -2.34. The van der Waals surface area contributed by atoms with Crippen molar-refractivity contribution in [3.05, 3.63) is 111 Å². The number of carbonyl (C=O) groups is 1. The zero-order valence-corrected chi connectivity index (χ0v) is 21.9. The highest BCUT2D eigenvalue weighted by molar-refractivity contribution is 6.03. The minimum Gasteiger partial charge on any atom is -0.458 e. The summed E-state index contributed by atoms with van der Waals surface area (Å²) in [5.41, 5.74) is 7.64. The maximum Gasteiger partial charge on any atom is 0.293 e. The largest absolute Gasteiger partial charge is 0.458 e. The van der Waals surface area contributed by atoms with E-state index in [1.54, 1.807) is 17.0 Å². The van der Waals surface area contributed by atoms with Crippen molar-refractivity contribution < 1.29 is 18.1 Å². The molecular formula is C31H30FN3O4. The maximum absolute atomic E-state index is 14.2. The summed E-state index contributed by atoms with van der Waals surface area (Å²) >= 11 is 0. The second-order valence-electron chi connectivity index (χ2n) is 9.94. The molecule has 0 aliphatic carbocycles. The molecule has 0 aliphatic rings. The van der Waals surface area contributed by atoms with Crippen molar-refractivity contribution in [2.75, 3.05) is 13.1 Å². The summed E-state index contributed by atoms with van der Waals surface area (Å²) in [6.45, 7) is 4.56. The molecule has 2 N–H and O–H groups in total. The van der Waals surface area contributed by atoms with Crippen LogP contribution in [-0.4, -0.2) is 29.1 Å². The van der Waals surface area contributed by atoms with Crippen LogP contribution < -0.4 is 11.2 Å². The van der Waals surface area contributed by atoms with Crippen LogP contribution >= 0.6 is 0 Å². The van der Waals surface area contributed by atoms with E-state index in [4.69, 9.17) is 14.7 Å². The fourth-order valence-corrected chi connectivity index (χ4v) is 5.04. The third kappa shape index (κ3) is 5.20. The van der Waals surface area contributed by atoms with E-state index in [9.17, 15) is 14.0 Å². The second-order valence-corrected chi connectivity index (χ2v) is 9.94. The van der Waals surface area contributed by atoms with Crippen molar-refractivity contribution >= 4 is 27.8 Å². The third-order valence-corrected chi connectivity index (χ3v) is 6.88. The number of benzene rings is 3. The number of rotatable bonds is 9. The van der Waals surface area contributed by atoms with E-state index in [1.807, 2.05) is 56.3 Å². The first-order valence-corrected chi connectivity index (χ1v) is 13.0. The molecular weight excluding hydrogens is 497 g/mol. The van der Waals surface area contributed by atoms with E-state index < -0.39 is 11.9 Å². The molecule has 0 saturated heterocycles. The van der Waals surface area contributed by atoms with Gasteiger partial charge in [0.15, 0.2) is 5.43 Å². The number of amides is 1. The van der Waals surface area contributed by atoms with E-state index >= 15 is 0 Å². The van der Waals surface area contributed by atoms with E-state index in [1.165, 1.54) is 18.2 Å². The van der Waals surface area contributed by atoms with Crippen LogP contribution in [0.5, 0.6) is 0 Å². The predicted molar refractivity (Wildman–Crippen MR) is 148 cm³/mol. The molecule has 2 aromatic heterocycles. The molecule has 200 valence electrons. The SMILES string of the molecule is CC(C)[C@H](c1oc2cc(F)ccc2c(=O)c1Cc1ccccc1)N(CCCN)C(=O)c1onc2ccccc12. The highest BCUT2D eigenvalue weighted by atomic mass is 19.1. The molecule has 0 aliphatic heterocycles. The molecule has 0 saturated carbocycles. The minimum atomic E-state index is -0.660. The lowest BCUT2D eigenvalue weighted by molar-refractivity contribution is 0.0548. The number of hydrogen-bond acceptors (Lipinski definition) is 6. The molecule has 8 heteroatoms. The van der Waals surface area contributed by atoms with E-state index in [0.717, 1.165) is 5.56 Å². The Hall–Kier alpha value is -4.30. The summed E-state index contributed by atoms with van der Waals surface area (Å²) in [6.07, 6.45) is 0.806. The number of nitrogens with two attached hydrogens (primary N) is 1. The first-order valence-electron chi connectivity index (χ1n) is 13.0. The van der Waals surface area contributed by atoms with Crippen LogP contribution in [0, 0.1) is 11.7 Å². The number of carbonyl (C=O) groups excluding carboxylic acids is 1. The van der Waals surface area contributed by atoms with Gasteiger partial charge in [0, 0.05) is 24.6 Å². The maximum atomic E-state index is 14.2. The quantitative estimate of drug-likeness (QED) is 0.258. The predicted octanol–water partition coefficient (Wildman–Crippen LogP) is 5.85. The second kappa shape index (κ2) is 11.2. The summed E-state index contributed by atoms with van der Waals surface area (Å²) < 4.78 is 26.1. The Morgan fingerprint density at radius 2 is 1.77 bits per heavy atom. The zero-order valence-electron chi connectivity index (χ0n) is 21.9. The van der Waals surface area contributed by atoms with Crippen molar-refractivity contribution in [1.29, 1.82) is 0 Å². The van der Waals surface area contributed by atoms with Crippen molar-refractivity contribution in [3.63, 3.8) is 0 Å². The summed E-state index contributed by atoms with van der Waals surface area (Å²) in [4.78, 5) is 29.6. The first-order chi connectivity index (χ1) is 18.9. The average Bonchev–Trinajstić information content (AvgIpc) is 3.37. The van der Waals surface area contributed by atoms with E-state index in [0.29, 0.717) is 48.2 Å². The van der Waals surface area contributed by atoms with Crippen molar-refractivity contribution in [1.82, 2.24) is 10.1 Å². The number of aromatic nitrogens is 1. The topological polar surface area (TPSA) is 103 Å². The number of halogens is 1. The van der Waals surface area contributed by atoms with Crippen LogP contribution in [0.3, 0.4) is 0 Å². The highest BCUT2D eigenvalue weighted by Gasteiger charge is 2.35. The van der Waals surface area contributed by atoms with E-state index in [2.05, 4.69) is 5.16 Å². The molecule has 0 fully saturated rings. The van der Waals surface area contributed by atoms with Gasteiger partial charge < -0.3 is 19.6 Å². The van der Waals surface area contributed by atoms with Gasteiger partial charge in [-0.05, 0) is 48.7 Å². The summed E-state index contributed by atoms with van der Waals surface area (Å²) in [5.74, 6) is -0.649. The monoisotopic (exact) mass is 527 g/mol.